The molecule has 1 aromatic heterocycles. The highest BCUT2D eigenvalue weighted by molar-refractivity contribution is 6.35. The minimum Gasteiger partial charge on any atom is -0.329 e. The van der Waals surface area contributed by atoms with E-state index in [-0.39, 0.29) is 6.04 Å². The number of hydrogen-bond donors (Lipinski definition) is 1. The van der Waals surface area contributed by atoms with Crippen molar-refractivity contribution in [2.75, 3.05) is 0 Å². The molecule has 0 aliphatic heterocycles. The second-order valence-electron chi connectivity index (χ2n) is 3.43. The molecule has 0 spiro atoms. The van der Waals surface area contributed by atoms with Gasteiger partial charge in [-0.25, -0.2) is 4.98 Å². The van der Waals surface area contributed by atoms with Gasteiger partial charge in [0.15, 0.2) is 0 Å². The molecule has 2 aromatic rings. The molecule has 2 rings (SSSR count). The van der Waals surface area contributed by atoms with E-state index in [9.17, 15) is 0 Å². The number of para-hydroxylation sites is 1. The number of hydrogen-bond acceptors (Lipinski definition) is 2. The van der Waals surface area contributed by atoms with Crippen molar-refractivity contribution in [2.24, 2.45) is 12.8 Å². The lowest BCUT2D eigenvalue weighted by molar-refractivity contribution is 0.696. The Hall–Kier alpha value is -1.06. The molecule has 14 heavy (non-hydrogen) atoms. The summed E-state index contributed by atoms with van der Waals surface area (Å²) in [6.07, 6.45) is 0. The molecule has 4 heteroatoms. The zero-order valence-corrected chi connectivity index (χ0v) is 8.92. The van der Waals surface area contributed by atoms with Crippen LogP contribution in [0.25, 0.3) is 11.0 Å². The zero-order valence-electron chi connectivity index (χ0n) is 8.16. The van der Waals surface area contributed by atoms with Crippen molar-refractivity contribution in [3.8, 4) is 0 Å². The monoisotopic (exact) mass is 209 g/mol. The molecule has 0 aliphatic carbocycles. The maximum absolute atomic E-state index is 6.08. The van der Waals surface area contributed by atoms with E-state index in [4.69, 9.17) is 17.3 Å². The van der Waals surface area contributed by atoms with Crippen molar-refractivity contribution in [2.45, 2.75) is 13.0 Å². The van der Waals surface area contributed by atoms with Gasteiger partial charge in [-0.15, -0.1) is 0 Å². The predicted molar refractivity (Wildman–Crippen MR) is 58.3 cm³/mol. The topological polar surface area (TPSA) is 43.8 Å². The lowest BCUT2D eigenvalue weighted by Gasteiger charge is -2.05. The maximum atomic E-state index is 6.08. The molecule has 2 N–H and O–H groups in total. The molecule has 3 nitrogen and oxygen atoms in total. The van der Waals surface area contributed by atoms with E-state index in [0.29, 0.717) is 5.02 Å². The van der Waals surface area contributed by atoms with Gasteiger partial charge >= 0.3 is 0 Å². The Balaban J connectivity index is 2.81. The third kappa shape index (κ3) is 1.29. The molecule has 0 unspecified atom stereocenters. The van der Waals surface area contributed by atoms with Crippen molar-refractivity contribution in [1.29, 1.82) is 0 Å². The van der Waals surface area contributed by atoms with Gasteiger partial charge < -0.3 is 10.3 Å². The first kappa shape index (κ1) is 9.49. The molecule has 0 amide bonds. The van der Waals surface area contributed by atoms with E-state index < -0.39 is 0 Å². The summed E-state index contributed by atoms with van der Waals surface area (Å²) in [7, 11) is 1.93. The van der Waals surface area contributed by atoms with Gasteiger partial charge in [0.1, 0.15) is 5.82 Å². The zero-order chi connectivity index (χ0) is 10.3. The lowest BCUT2D eigenvalue weighted by atomic mass is 10.3. The van der Waals surface area contributed by atoms with Crippen LogP contribution in [-0.4, -0.2) is 9.55 Å². The Morgan fingerprint density at radius 3 is 2.79 bits per heavy atom. The highest BCUT2D eigenvalue weighted by atomic mass is 35.5. The molecule has 74 valence electrons. The fourth-order valence-corrected chi connectivity index (χ4v) is 1.94. The van der Waals surface area contributed by atoms with Crippen molar-refractivity contribution < 1.29 is 0 Å². The van der Waals surface area contributed by atoms with Crippen molar-refractivity contribution in [3.05, 3.63) is 29.0 Å². The number of nitrogens with zero attached hydrogens (tertiary/aromatic N) is 2. The number of nitrogens with two attached hydrogens (primary N) is 1. The Labute approximate surface area is 87.5 Å². The smallest absolute Gasteiger partial charge is 0.126 e. The van der Waals surface area contributed by atoms with Gasteiger partial charge in [-0.05, 0) is 19.1 Å². The van der Waals surface area contributed by atoms with Gasteiger partial charge in [0, 0.05) is 7.05 Å². The summed E-state index contributed by atoms with van der Waals surface area (Å²) in [5, 5.41) is 0.712. The van der Waals surface area contributed by atoms with Gasteiger partial charge in [-0.1, -0.05) is 17.7 Å². The SMILES string of the molecule is C[C@H](N)c1nc2cccc(Cl)c2n1C. The summed E-state index contributed by atoms with van der Waals surface area (Å²) in [5.41, 5.74) is 7.64. The second kappa shape index (κ2) is 3.26. The average Bonchev–Trinajstić information content (AvgIpc) is 2.45. The van der Waals surface area contributed by atoms with Gasteiger partial charge in [0.25, 0.3) is 0 Å². The lowest BCUT2D eigenvalue weighted by Crippen LogP contribution is -2.11. The van der Waals surface area contributed by atoms with Crippen LogP contribution >= 0.6 is 11.6 Å². The highest BCUT2D eigenvalue weighted by Gasteiger charge is 2.12. The number of imidazole rings is 1. The summed E-state index contributed by atoms with van der Waals surface area (Å²) in [6, 6.07) is 5.61. The highest BCUT2D eigenvalue weighted by Crippen LogP contribution is 2.25. The summed E-state index contributed by atoms with van der Waals surface area (Å²) in [4.78, 5) is 4.43. The molecule has 1 atom stereocenters. The van der Waals surface area contributed by atoms with Crippen LogP contribution in [0.5, 0.6) is 0 Å². The number of halogens is 1. The standard InChI is InChI=1S/C10H12ClN3/c1-6(12)10-13-8-5-3-4-7(11)9(8)14(10)2/h3-6H,12H2,1-2H3/t6-/m0/s1. The van der Waals surface area contributed by atoms with E-state index in [0.717, 1.165) is 16.9 Å². The van der Waals surface area contributed by atoms with E-state index in [1.807, 2.05) is 36.7 Å². The van der Waals surface area contributed by atoms with E-state index >= 15 is 0 Å². The normalized spacial score (nSPS) is 13.4. The molecule has 0 bridgehead atoms. The molecule has 0 fully saturated rings. The first-order valence-corrected chi connectivity index (χ1v) is 4.85. The summed E-state index contributed by atoms with van der Waals surface area (Å²) >= 11 is 6.08. The van der Waals surface area contributed by atoms with Crippen LogP contribution in [0, 0.1) is 0 Å². The van der Waals surface area contributed by atoms with Gasteiger partial charge in [-0.2, -0.15) is 0 Å². The third-order valence-electron chi connectivity index (χ3n) is 2.29. The minimum absolute atomic E-state index is 0.0801. The molecule has 0 saturated carbocycles. The quantitative estimate of drug-likeness (QED) is 0.783. The Bertz CT molecular complexity index is 473. The number of aryl methyl sites for hydroxylation is 1. The largest absolute Gasteiger partial charge is 0.329 e. The van der Waals surface area contributed by atoms with Crippen LogP contribution < -0.4 is 5.73 Å². The van der Waals surface area contributed by atoms with Crippen molar-refractivity contribution in [3.63, 3.8) is 0 Å². The number of aromatic nitrogens is 2. The molecule has 1 aromatic carbocycles. The Morgan fingerprint density at radius 1 is 1.50 bits per heavy atom. The molecule has 0 aliphatic rings. The fraction of sp³-hybridized carbons (Fsp3) is 0.300. The van der Waals surface area contributed by atoms with E-state index in [1.54, 1.807) is 0 Å². The molecule has 0 radical (unpaired) electrons. The average molecular weight is 210 g/mol. The summed E-state index contributed by atoms with van der Waals surface area (Å²) < 4.78 is 1.95. The third-order valence-corrected chi connectivity index (χ3v) is 2.59. The molecular weight excluding hydrogens is 198 g/mol. The molecule has 1 heterocycles. The van der Waals surface area contributed by atoms with Crippen LogP contribution in [0.2, 0.25) is 5.02 Å². The van der Waals surface area contributed by atoms with Gasteiger partial charge in [-0.3, -0.25) is 0 Å². The van der Waals surface area contributed by atoms with Crippen LogP contribution in [0.4, 0.5) is 0 Å². The minimum atomic E-state index is -0.0801. The Kier molecular flexibility index (Phi) is 2.21. The number of benzene rings is 1. The van der Waals surface area contributed by atoms with Crippen LogP contribution in [0.15, 0.2) is 18.2 Å². The first-order chi connectivity index (χ1) is 6.61. The summed E-state index contributed by atoms with van der Waals surface area (Å²) in [6.45, 7) is 1.91. The van der Waals surface area contributed by atoms with Crippen LogP contribution in [-0.2, 0) is 7.05 Å². The number of fused-ring (bicyclic) bond motifs is 1. The molecule has 0 saturated heterocycles. The Morgan fingerprint density at radius 2 is 2.21 bits per heavy atom. The number of rotatable bonds is 1. The maximum Gasteiger partial charge on any atom is 0.126 e. The first-order valence-electron chi connectivity index (χ1n) is 4.47. The second-order valence-corrected chi connectivity index (χ2v) is 3.83. The predicted octanol–water partition coefficient (Wildman–Crippen LogP) is 2.25. The van der Waals surface area contributed by atoms with Crippen LogP contribution in [0.1, 0.15) is 18.8 Å². The van der Waals surface area contributed by atoms with Crippen molar-refractivity contribution in [1.82, 2.24) is 9.55 Å². The molecular formula is C10H12ClN3. The fourth-order valence-electron chi connectivity index (χ4n) is 1.65. The van der Waals surface area contributed by atoms with Crippen LogP contribution in [0.3, 0.4) is 0 Å². The van der Waals surface area contributed by atoms with Crippen molar-refractivity contribution >= 4 is 22.6 Å². The van der Waals surface area contributed by atoms with Gasteiger partial charge in [0.2, 0.25) is 0 Å². The van der Waals surface area contributed by atoms with E-state index in [2.05, 4.69) is 4.98 Å². The van der Waals surface area contributed by atoms with Gasteiger partial charge in [0.05, 0.1) is 22.1 Å². The summed E-state index contributed by atoms with van der Waals surface area (Å²) in [5.74, 6) is 0.855. The van der Waals surface area contributed by atoms with E-state index in [1.165, 1.54) is 0 Å².